The summed E-state index contributed by atoms with van der Waals surface area (Å²) in [4.78, 5) is 34.1. The van der Waals surface area contributed by atoms with Gasteiger partial charge < -0.3 is 14.4 Å². The second-order valence-electron chi connectivity index (χ2n) is 10.6. The second kappa shape index (κ2) is 30.8. The van der Waals surface area contributed by atoms with Crippen molar-refractivity contribution < 1.29 is 37.6 Å². The minimum atomic E-state index is -4.27. The van der Waals surface area contributed by atoms with Crippen molar-refractivity contribution >= 4 is 19.8 Å². The molecule has 1 N–H and O–H groups in total. The van der Waals surface area contributed by atoms with E-state index in [1.807, 2.05) is 12.2 Å². The molecular weight excluding hydrogens is 579 g/mol. The Morgan fingerprint density at radius 3 is 1.82 bits per heavy atom. The molecular formula is C35H59O8P. The molecule has 0 aliphatic heterocycles. The molecule has 0 rings (SSSR count). The highest BCUT2D eigenvalue weighted by molar-refractivity contribution is 7.47. The molecule has 0 aromatic carbocycles. The number of unbranched alkanes of at least 4 members (excludes halogenated alkanes) is 8. The van der Waals surface area contributed by atoms with Crippen LogP contribution in [0.3, 0.4) is 0 Å². The highest BCUT2D eigenvalue weighted by atomic mass is 31.2. The first-order valence-corrected chi connectivity index (χ1v) is 18.0. The first kappa shape index (κ1) is 41.8. The van der Waals surface area contributed by atoms with Crippen molar-refractivity contribution in [2.24, 2.45) is 0 Å². The van der Waals surface area contributed by atoms with Crippen LogP contribution in [-0.4, -0.2) is 43.3 Å². The molecule has 0 bridgehead atoms. The summed E-state index contributed by atoms with van der Waals surface area (Å²) in [5.74, 6) is -0.919. The zero-order chi connectivity index (χ0) is 32.6. The molecule has 0 heterocycles. The van der Waals surface area contributed by atoms with Crippen LogP contribution in [-0.2, 0) is 32.7 Å². The zero-order valence-electron chi connectivity index (χ0n) is 27.5. The van der Waals surface area contributed by atoms with Crippen LogP contribution in [0.15, 0.2) is 60.8 Å². The maximum Gasteiger partial charge on any atom is 0.472 e. The summed E-state index contributed by atoms with van der Waals surface area (Å²) in [5, 5.41) is 0. The van der Waals surface area contributed by atoms with Gasteiger partial charge in [0.15, 0.2) is 6.10 Å². The molecule has 8 nitrogen and oxygen atoms in total. The van der Waals surface area contributed by atoms with Gasteiger partial charge in [-0.05, 0) is 64.2 Å². The number of carbonyl (C=O) groups is 2. The summed E-state index contributed by atoms with van der Waals surface area (Å²) >= 11 is 0. The van der Waals surface area contributed by atoms with E-state index in [2.05, 4.69) is 67.0 Å². The molecule has 0 saturated heterocycles. The van der Waals surface area contributed by atoms with Crippen LogP contribution in [0.2, 0.25) is 0 Å². The first-order chi connectivity index (χ1) is 21.3. The lowest BCUT2D eigenvalue weighted by Gasteiger charge is -2.19. The lowest BCUT2D eigenvalue weighted by molar-refractivity contribution is -0.161. The number of allylic oxidation sites excluding steroid dienone is 10. The Kier molecular flexibility index (Phi) is 29.2. The van der Waals surface area contributed by atoms with E-state index in [-0.39, 0.29) is 19.4 Å². The predicted octanol–water partition coefficient (Wildman–Crippen LogP) is 9.66. The van der Waals surface area contributed by atoms with E-state index >= 15 is 0 Å². The number of hydrogen-bond donors (Lipinski definition) is 1. The Morgan fingerprint density at radius 2 is 1.20 bits per heavy atom. The third-order valence-corrected chi connectivity index (χ3v) is 7.45. The third-order valence-electron chi connectivity index (χ3n) is 6.51. The molecule has 2 atom stereocenters. The quantitative estimate of drug-likeness (QED) is 0.0373. The van der Waals surface area contributed by atoms with Crippen molar-refractivity contribution in [3.8, 4) is 0 Å². The molecule has 0 spiro atoms. The van der Waals surface area contributed by atoms with Gasteiger partial charge in [-0.15, -0.1) is 0 Å². The number of esters is 2. The van der Waals surface area contributed by atoms with Gasteiger partial charge in [-0.1, -0.05) is 107 Å². The lowest BCUT2D eigenvalue weighted by atomic mass is 10.1. The Bertz CT molecular complexity index is 906. The van der Waals surface area contributed by atoms with E-state index in [1.165, 1.54) is 25.7 Å². The van der Waals surface area contributed by atoms with Crippen LogP contribution in [0.5, 0.6) is 0 Å². The molecule has 0 radical (unpaired) electrons. The summed E-state index contributed by atoms with van der Waals surface area (Å²) in [6, 6.07) is 0. The predicted molar refractivity (Wildman–Crippen MR) is 179 cm³/mol. The number of phosphoric acid groups is 1. The van der Waals surface area contributed by atoms with Gasteiger partial charge >= 0.3 is 19.8 Å². The van der Waals surface area contributed by atoms with Crippen LogP contribution in [0.4, 0.5) is 0 Å². The van der Waals surface area contributed by atoms with Gasteiger partial charge in [0.2, 0.25) is 0 Å². The molecule has 0 saturated carbocycles. The molecule has 0 fully saturated rings. The van der Waals surface area contributed by atoms with Crippen molar-refractivity contribution in [3.05, 3.63) is 60.8 Å². The SMILES string of the molecule is CC/C=C\C/C=C\C/C=C\C/C=C\CCC(=O)OC(COC(=O)CCCCCCC/C=C\CCCCC)COP(=O)(O)OC. The topological polar surface area (TPSA) is 108 Å². The molecule has 0 aliphatic rings. The van der Waals surface area contributed by atoms with Gasteiger partial charge in [-0.3, -0.25) is 18.6 Å². The van der Waals surface area contributed by atoms with Gasteiger partial charge in [-0.2, -0.15) is 0 Å². The van der Waals surface area contributed by atoms with Crippen LogP contribution in [0.1, 0.15) is 123 Å². The van der Waals surface area contributed by atoms with E-state index in [0.717, 1.165) is 71.3 Å². The van der Waals surface area contributed by atoms with Crippen molar-refractivity contribution in [1.82, 2.24) is 0 Å². The number of ether oxygens (including phenoxy) is 2. The van der Waals surface area contributed by atoms with E-state index < -0.39 is 32.5 Å². The Balaban J connectivity index is 4.28. The number of carbonyl (C=O) groups excluding carboxylic acids is 2. The van der Waals surface area contributed by atoms with Gasteiger partial charge in [-0.25, -0.2) is 4.57 Å². The van der Waals surface area contributed by atoms with Gasteiger partial charge in [0, 0.05) is 20.0 Å². The molecule has 0 amide bonds. The number of rotatable bonds is 29. The second-order valence-corrected chi connectivity index (χ2v) is 12.1. The normalized spacial score (nSPS) is 14.4. The molecule has 0 aliphatic carbocycles. The van der Waals surface area contributed by atoms with Gasteiger partial charge in [0.05, 0.1) is 6.61 Å². The van der Waals surface area contributed by atoms with E-state index in [0.29, 0.717) is 6.42 Å². The van der Waals surface area contributed by atoms with E-state index in [9.17, 15) is 19.0 Å². The van der Waals surface area contributed by atoms with Crippen LogP contribution < -0.4 is 0 Å². The lowest BCUT2D eigenvalue weighted by Crippen LogP contribution is -2.29. The molecule has 9 heteroatoms. The summed E-state index contributed by atoms with van der Waals surface area (Å²) in [7, 11) is -3.23. The molecule has 44 heavy (non-hydrogen) atoms. The van der Waals surface area contributed by atoms with E-state index in [4.69, 9.17) is 14.0 Å². The average Bonchev–Trinajstić information content (AvgIpc) is 3.01. The van der Waals surface area contributed by atoms with Crippen molar-refractivity contribution in [2.45, 2.75) is 129 Å². The third kappa shape index (κ3) is 29.8. The summed E-state index contributed by atoms with van der Waals surface area (Å²) in [6.07, 6.45) is 35.8. The first-order valence-electron chi connectivity index (χ1n) is 16.5. The summed E-state index contributed by atoms with van der Waals surface area (Å²) in [6.45, 7) is 3.64. The number of phosphoric ester groups is 1. The maximum atomic E-state index is 12.3. The van der Waals surface area contributed by atoms with E-state index in [1.54, 1.807) is 0 Å². The highest BCUT2D eigenvalue weighted by Crippen LogP contribution is 2.42. The fourth-order valence-electron chi connectivity index (χ4n) is 3.96. The Morgan fingerprint density at radius 1 is 0.659 bits per heavy atom. The summed E-state index contributed by atoms with van der Waals surface area (Å²) in [5.41, 5.74) is 0. The molecule has 2 unspecified atom stereocenters. The largest absolute Gasteiger partial charge is 0.472 e. The summed E-state index contributed by atoms with van der Waals surface area (Å²) < 4.78 is 31.6. The maximum absolute atomic E-state index is 12.3. The minimum Gasteiger partial charge on any atom is -0.462 e. The smallest absolute Gasteiger partial charge is 0.462 e. The van der Waals surface area contributed by atoms with Crippen LogP contribution >= 0.6 is 7.82 Å². The average molecular weight is 639 g/mol. The van der Waals surface area contributed by atoms with Crippen LogP contribution in [0, 0.1) is 0 Å². The van der Waals surface area contributed by atoms with Crippen molar-refractivity contribution in [1.29, 1.82) is 0 Å². The van der Waals surface area contributed by atoms with Crippen LogP contribution in [0.25, 0.3) is 0 Å². The Labute approximate surface area is 267 Å². The number of hydrogen-bond acceptors (Lipinski definition) is 7. The monoisotopic (exact) mass is 638 g/mol. The van der Waals surface area contributed by atoms with Crippen molar-refractivity contribution in [3.63, 3.8) is 0 Å². The molecule has 0 aromatic heterocycles. The zero-order valence-corrected chi connectivity index (χ0v) is 28.4. The fraction of sp³-hybridized carbons (Fsp3) is 0.657. The highest BCUT2D eigenvalue weighted by Gasteiger charge is 2.24. The fourth-order valence-corrected chi connectivity index (χ4v) is 4.42. The Hall–Kier alpha value is -2.25. The van der Waals surface area contributed by atoms with Gasteiger partial charge in [0.25, 0.3) is 0 Å². The van der Waals surface area contributed by atoms with Crippen molar-refractivity contribution in [2.75, 3.05) is 20.3 Å². The molecule has 252 valence electrons. The minimum absolute atomic E-state index is 0.119. The molecule has 0 aromatic rings. The van der Waals surface area contributed by atoms with Gasteiger partial charge in [0.1, 0.15) is 6.61 Å². The standard InChI is InChI=1S/C35H59O8P/c1-4-6-8-10-12-14-16-18-20-22-24-26-28-30-35(37)43-33(32-42-44(38,39)40-3)31-41-34(36)29-27-25-23-21-19-17-15-13-11-9-7-5-2/h6,8,12-15,18,20,24,26,33H,4-5,7,9-11,16-17,19,21-23,25,27-32H2,1-3H3,(H,38,39)/b8-6-,14-12-,15-13-,20-18-,26-24-.